The number of benzene rings is 2. The van der Waals surface area contributed by atoms with Crippen LogP contribution in [0.3, 0.4) is 0 Å². The number of carbonyl (C=O) groups excluding carboxylic acids is 2. The van der Waals surface area contributed by atoms with Crippen LogP contribution < -0.4 is 4.74 Å². The zero-order valence-electron chi connectivity index (χ0n) is 16.6. The third-order valence-electron chi connectivity index (χ3n) is 4.62. The average molecular weight is 420 g/mol. The van der Waals surface area contributed by atoms with Gasteiger partial charge in [-0.1, -0.05) is 19.1 Å². The number of thiophene rings is 1. The molecule has 0 aliphatic rings. The number of ether oxygens (including phenoxy) is 2. The zero-order valence-corrected chi connectivity index (χ0v) is 17.4. The van der Waals surface area contributed by atoms with Crippen molar-refractivity contribution in [2.24, 2.45) is 0 Å². The van der Waals surface area contributed by atoms with E-state index in [2.05, 4.69) is 22.3 Å². The molecule has 2 aromatic heterocycles. The molecule has 0 saturated carbocycles. The summed E-state index contributed by atoms with van der Waals surface area (Å²) in [5.41, 5.74) is 2.41. The van der Waals surface area contributed by atoms with Crippen molar-refractivity contribution < 1.29 is 19.1 Å². The van der Waals surface area contributed by atoms with Gasteiger partial charge in [-0.05, 0) is 55.0 Å². The Balaban J connectivity index is 1.57. The molecule has 0 atom stereocenters. The van der Waals surface area contributed by atoms with Gasteiger partial charge in [0.1, 0.15) is 10.6 Å². The lowest BCUT2D eigenvalue weighted by Gasteiger charge is -2.06. The fourth-order valence-corrected chi connectivity index (χ4v) is 4.10. The molecule has 2 heterocycles. The number of imidazole rings is 1. The highest BCUT2D eigenvalue weighted by molar-refractivity contribution is 7.17. The Labute approximate surface area is 177 Å². The van der Waals surface area contributed by atoms with Crippen LogP contribution in [0.25, 0.3) is 21.7 Å². The molecule has 4 rings (SSSR count). The smallest absolute Gasteiger partial charge is 0.353 e. The fraction of sp³-hybridized carbons (Fsp3) is 0.174. The van der Waals surface area contributed by atoms with E-state index in [0.717, 1.165) is 34.7 Å². The molecule has 0 aliphatic heterocycles. The van der Waals surface area contributed by atoms with Gasteiger partial charge in [0.25, 0.3) is 0 Å². The van der Waals surface area contributed by atoms with Crippen molar-refractivity contribution in [2.75, 3.05) is 7.11 Å². The summed E-state index contributed by atoms with van der Waals surface area (Å²) < 4.78 is 12.3. The average Bonchev–Trinajstić information content (AvgIpc) is 3.39. The predicted octanol–water partition coefficient (Wildman–Crippen LogP) is 5.18. The lowest BCUT2D eigenvalue weighted by atomic mass is 10.2. The molecule has 0 unspecified atom stereocenters. The van der Waals surface area contributed by atoms with Gasteiger partial charge >= 0.3 is 11.9 Å². The number of aryl methyl sites for hydroxylation is 1. The van der Waals surface area contributed by atoms with E-state index in [1.165, 1.54) is 18.4 Å². The Hall–Kier alpha value is -3.45. The van der Waals surface area contributed by atoms with Gasteiger partial charge in [0.15, 0.2) is 5.82 Å². The molecule has 30 heavy (non-hydrogen) atoms. The van der Waals surface area contributed by atoms with Crippen molar-refractivity contribution in [3.8, 4) is 16.5 Å². The molecule has 0 radical (unpaired) electrons. The number of fused-ring (bicyclic) bond motifs is 1. The summed E-state index contributed by atoms with van der Waals surface area (Å²) in [4.78, 5) is 30.3. The van der Waals surface area contributed by atoms with Crippen LogP contribution in [-0.4, -0.2) is 28.6 Å². The van der Waals surface area contributed by atoms with Crippen molar-refractivity contribution in [3.05, 3.63) is 71.1 Å². The molecule has 0 aliphatic carbocycles. The van der Waals surface area contributed by atoms with E-state index in [9.17, 15) is 9.59 Å². The maximum Gasteiger partial charge on any atom is 0.353 e. The quantitative estimate of drug-likeness (QED) is 0.317. The van der Waals surface area contributed by atoms with Gasteiger partial charge in [0.05, 0.1) is 28.6 Å². The molecule has 0 saturated heterocycles. The molecule has 0 spiro atoms. The maximum absolute atomic E-state index is 12.6. The topological polar surface area (TPSA) is 70.4 Å². The van der Waals surface area contributed by atoms with Gasteiger partial charge in [-0.15, -0.1) is 11.3 Å². The van der Waals surface area contributed by atoms with E-state index in [4.69, 9.17) is 9.72 Å². The lowest BCUT2D eigenvalue weighted by molar-refractivity contribution is 0.0600. The summed E-state index contributed by atoms with van der Waals surface area (Å²) in [5.74, 6) is 0.325. The van der Waals surface area contributed by atoms with Crippen molar-refractivity contribution in [1.29, 1.82) is 0 Å². The van der Waals surface area contributed by atoms with Crippen molar-refractivity contribution in [3.63, 3.8) is 0 Å². The number of hydrogen-bond donors (Lipinski definition) is 0. The number of nitrogens with zero attached hydrogens (tertiary/aromatic N) is 2. The molecule has 4 aromatic rings. The Morgan fingerprint density at radius 1 is 1.00 bits per heavy atom. The van der Waals surface area contributed by atoms with E-state index in [1.54, 1.807) is 30.3 Å². The summed E-state index contributed by atoms with van der Waals surface area (Å²) >= 11 is 1.35. The third kappa shape index (κ3) is 3.84. The largest absolute Gasteiger partial charge is 0.465 e. The molecule has 2 aromatic carbocycles. The first-order chi connectivity index (χ1) is 14.6. The lowest BCUT2D eigenvalue weighted by Crippen LogP contribution is -2.07. The Morgan fingerprint density at radius 2 is 1.77 bits per heavy atom. The molecule has 6 nitrogen and oxygen atoms in total. The van der Waals surface area contributed by atoms with Crippen LogP contribution in [0.2, 0.25) is 0 Å². The highest BCUT2D eigenvalue weighted by Crippen LogP contribution is 2.31. The number of carbonyl (C=O) groups is 2. The number of para-hydroxylation sites is 2. The highest BCUT2D eigenvalue weighted by atomic mass is 32.1. The van der Waals surface area contributed by atoms with E-state index < -0.39 is 11.9 Å². The molecular weight excluding hydrogens is 400 g/mol. The normalized spacial score (nSPS) is 10.9. The van der Waals surface area contributed by atoms with Crippen molar-refractivity contribution in [2.45, 2.75) is 19.9 Å². The number of hydrogen-bond acceptors (Lipinski definition) is 6. The summed E-state index contributed by atoms with van der Waals surface area (Å²) in [5, 5.41) is 0. The van der Waals surface area contributed by atoms with Crippen LogP contribution in [0, 0.1) is 0 Å². The molecule has 152 valence electrons. The molecule has 0 N–H and O–H groups in total. The second kappa shape index (κ2) is 8.51. The van der Waals surface area contributed by atoms with Crippen molar-refractivity contribution >= 4 is 34.3 Å². The third-order valence-corrected chi connectivity index (χ3v) is 5.68. The summed E-state index contributed by atoms with van der Waals surface area (Å²) in [7, 11) is 1.32. The number of methoxy groups -OCH3 is 1. The summed E-state index contributed by atoms with van der Waals surface area (Å²) in [6.07, 6.45) is 0.981. The zero-order chi connectivity index (χ0) is 21.1. The van der Waals surface area contributed by atoms with Gasteiger partial charge in [-0.3, -0.25) is 0 Å². The second-order valence-electron chi connectivity index (χ2n) is 6.65. The number of aromatic nitrogens is 2. The number of esters is 2. The molecular formula is C23H20N2O4S. The van der Waals surface area contributed by atoms with Crippen molar-refractivity contribution in [1.82, 2.24) is 9.55 Å². The van der Waals surface area contributed by atoms with E-state index in [0.29, 0.717) is 16.2 Å². The predicted molar refractivity (Wildman–Crippen MR) is 116 cm³/mol. The Kier molecular flexibility index (Phi) is 5.63. The van der Waals surface area contributed by atoms with Gasteiger partial charge in [0, 0.05) is 6.54 Å². The van der Waals surface area contributed by atoms with E-state index in [1.807, 2.05) is 24.3 Å². The minimum absolute atomic E-state index is 0.362. The molecule has 0 fully saturated rings. The Morgan fingerprint density at radius 3 is 2.50 bits per heavy atom. The van der Waals surface area contributed by atoms with Gasteiger partial charge in [-0.2, -0.15) is 0 Å². The van der Waals surface area contributed by atoms with E-state index in [-0.39, 0.29) is 0 Å². The van der Waals surface area contributed by atoms with Gasteiger partial charge in [0.2, 0.25) is 0 Å². The Bertz CT molecular complexity index is 1210. The van der Waals surface area contributed by atoms with Crippen LogP contribution in [0.4, 0.5) is 0 Å². The number of rotatable bonds is 6. The van der Waals surface area contributed by atoms with Crippen LogP contribution in [0.15, 0.2) is 60.7 Å². The monoisotopic (exact) mass is 420 g/mol. The molecule has 7 heteroatoms. The van der Waals surface area contributed by atoms with Crippen LogP contribution in [-0.2, 0) is 11.3 Å². The first kappa shape index (κ1) is 19.8. The minimum atomic E-state index is -0.449. The van der Waals surface area contributed by atoms with Crippen LogP contribution in [0.5, 0.6) is 5.75 Å². The first-order valence-electron chi connectivity index (χ1n) is 9.56. The standard InChI is InChI=1S/C23H20N2O4S/c1-3-14-25-18-7-5-4-6-17(18)24-21(25)19-12-13-20(30-19)23(27)29-16-10-8-15(9-11-16)22(26)28-2/h4-13H,3,14H2,1-2H3. The van der Waals surface area contributed by atoms with Gasteiger partial charge < -0.3 is 14.0 Å². The SMILES string of the molecule is CCCn1c(-c2ccc(C(=O)Oc3ccc(C(=O)OC)cc3)s2)nc2ccccc21. The summed E-state index contributed by atoms with van der Waals surface area (Å²) in [6, 6.07) is 17.9. The summed E-state index contributed by atoms with van der Waals surface area (Å²) in [6.45, 7) is 2.97. The second-order valence-corrected chi connectivity index (χ2v) is 7.73. The maximum atomic E-state index is 12.6. The highest BCUT2D eigenvalue weighted by Gasteiger charge is 2.17. The minimum Gasteiger partial charge on any atom is -0.465 e. The van der Waals surface area contributed by atoms with Crippen LogP contribution >= 0.6 is 11.3 Å². The molecule has 0 bridgehead atoms. The first-order valence-corrected chi connectivity index (χ1v) is 10.4. The van der Waals surface area contributed by atoms with E-state index >= 15 is 0 Å². The van der Waals surface area contributed by atoms with Crippen LogP contribution in [0.1, 0.15) is 33.4 Å². The fourth-order valence-electron chi connectivity index (χ4n) is 3.22. The van der Waals surface area contributed by atoms with Gasteiger partial charge in [-0.25, -0.2) is 14.6 Å². The molecule has 0 amide bonds.